The van der Waals surface area contributed by atoms with E-state index in [-0.39, 0.29) is 6.10 Å². The monoisotopic (exact) mass is 342 g/mol. The highest BCUT2D eigenvalue weighted by molar-refractivity contribution is 5.24. The quantitative estimate of drug-likeness (QED) is 0.706. The van der Waals surface area contributed by atoms with Crippen LogP contribution in [0.3, 0.4) is 0 Å². The van der Waals surface area contributed by atoms with Crippen molar-refractivity contribution in [2.75, 3.05) is 6.61 Å². The molecule has 136 valence electrons. The Bertz CT molecular complexity index is 636. The summed E-state index contributed by atoms with van der Waals surface area (Å²) >= 11 is 0. The minimum atomic E-state index is -0.544. The Morgan fingerprint density at radius 2 is 2.08 bits per heavy atom. The molecule has 1 aliphatic heterocycles. The molecule has 1 aliphatic rings. The number of ether oxygens (including phenoxy) is 2. The molecule has 0 spiro atoms. The molecule has 1 fully saturated rings. The zero-order chi connectivity index (χ0) is 17.7. The van der Waals surface area contributed by atoms with Crippen LogP contribution in [0.4, 0.5) is 0 Å². The van der Waals surface area contributed by atoms with E-state index in [0.29, 0.717) is 19.1 Å². The normalized spacial score (nSPS) is 23.4. The third kappa shape index (κ3) is 4.71. The lowest BCUT2D eigenvalue weighted by Crippen LogP contribution is -2.36. The molecule has 2 atom stereocenters. The zero-order valence-electron chi connectivity index (χ0n) is 15.6. The molecule has 2 aromatic rings. The third-order valence-corrected chi connectivity index (χ3v) is 4.95. The maximum absolute atomic E-state index is 6.38. The fraction of sp³-hybridized carbons (Fsp3) is 0.571. The summed E-state index contributed by atoms with van der Waals surface area (Å²) in [5.74, 6) is 0.0231. The SMILES string of the molecule is CCCC1COC(CCc2ccc(C(C)C)cc2)(Cn2ccnc2)O1. The van der Waals surface area contributed by atoms with Crippen LogP contribution in [0.1, 0.15) is 57.1 Å². The average molecular weight is 342 g/mol. The van der Waals surface area contributed by atoms with Crippen molar-refractivity contribution in [3.8, 4) is 0 Å². The highest BCUT2D eigenvalue weighted by Gasteiger charge is 2.41. The minimum Gasteiger partial charge on any atom is -0.345 e. The van der Waals surface area contributed by atoms with Crippen LogP contribution in [0.5, 0.6) is 0 Å². The number of aromatic nitrogens is 2. The van der Waals surface area contributed by atoms with E-state index in [2.05, 4.69) is 54.6 Å². The maximum Gasteiger partial charge on any atom is 0.187 e. The molecule has 0 aliphatic carbocycles. The molecule has 4 heteroatoms. The van der Waals surface area contributed by atoms with Crippen molar-refractivity contribution in [3.63, 3.8) is 0 Å². The number of hydrogen-bond acceptors (Lipinski definition) is 3. The number of aryl methyl sites for hydroxylation is 1. The van der Waals surface area contributed by atoms with Gasteiger partial charge in [0.05, 0.1) is 25.6 Å². The Morgan fingerprint density at radius 1 is 1.28 bits per heavy atom. The molecule has 0 saturated carbocycles. The van der Waals surface area contributed by atoms with E-state index in [9.17, 15) is 0 Å². The van der Waals surface area contributed by atoms with Crippen LogP contribution in [0.25, 0.3) is 0 Å². The lowest BCUT2D eigenvalue weighted by Gasteiger charge is -2.28. The fourth-order valence-electron chi connectivity index (χ4n) is 3.44. The second-order valence-corrected chi connectivity index (χ2v) is 7.38. The fourth-order valence-corrected chi connectivity index (χ4v) is 3.44. The lowest BCUT2D eigenvalue weighted by molar-refractivity contribution is -0.182. The van der Waals surface area contributed by atoms with Crippen molar-refractivity contribution < 1.29 is 9.47 Å². The molecule has 25 heavy (non-hydrogen) atoms. The standard InChI is InChI=1S/C21H30N2O2/c1-4-5-20-14-24-21(25-20,15-23-13-12-22-16-23)11-10-18-6-8-19(9-7-18)17(2)3/h6-9,12-13,16-17,20H,4-5,10-11,14-15H2,1-3H3. The Labute approximate surface area is 151 Å². The molecule has 2 heterocycles. The number of nitrogens with zero attached hydrogens (tertiary/aromatic N) is 2. The van der Waals surface area contributed by atoms with Crippen molar-refractivity contribution in [2.24, 2.45) is 0 Å². The van der Waals surface area contributed by atoms with Crippen LogP contribution in [-0.4, -0.2) is 28.0 Å². The zero-order valence-corrected chi connectivity index (χ0v) is 15.6. The highest BCUT2D eigenvalue weighted by Crippen LogP contribution is 2.32. The maximum atomic E-state index is 6.38. The molecule has 1 aromatic carbocycles. The molecule has 2 unspecified atom stereocenters. The topological polar surface area (TPSA) is 36.3 Å². The van der Waals surface area contributed by atoms with E-state index in [4.69, 9.17) is 9.47 Å². The number of rotatable bonds is 8. The van der Waals surface area contributed by atoms with E-state index in [1.807, 2.05) is 12.5 Å². The van der Waals surface area contributed by atoms with Crippen LogP contribution in [-0.2, 0) is 22.4 Å². The number of hydrogen-bond donors (Lipinski definition) is 0. The van der Waals surface area contributed by atoms with Gasteiger partial charge in [0.15, 0.2) is 5.79 Å². The van der Waals surface area contributed by atoms with Crippen LogP contribution in [0.15, 0.2) is 43.0 Å². The largest absolute Gasteiger partial charge is 0.345 e. The molecule has 4 nitrogen and oxygen atoms in total. The molecule has 3 rings (SSSR count). The molecule has 0 N–H and O–H groups in total. The van der Waals surface area contributed by atoms with E-state index >= 15 is 0 Å². The summed E-state index contributed by atoms with van der Waals surface area (Å²) < 4.78 is 14.6. The van der Waals surface area contributed by atoms with Gasteiger partial charge in [-0.1, -0.05) is 51.5 Å². The van der Waals surface area contributed by atoms with Gasteiger partial charge < -0.3 is 14.0 Å². The van der Waals surface area contributed by atoms with Gasteiger partial charge in [0.2, 0.25) is 0 Å². The molecule has 1 saturated heterocycles. The van der Waals surface area contributed by atoms with E-state index in [1.54, 1.807) is 6.20 Å². The van der Waals surface area contributed by atoms with Gasteiger partial charge in [-0.05, 0) is 29.9 Å². The predicted molar refractivity (Wildman–Crippen MR) is 99.5 cm³/mol. The first kappa shape index (κ1) is 18.2. The predicted octanol–water partition coefficient (Wildman–Crippen LogP) is 4.55. The Kier molecular flexibility index (Phi) is 5.92. The summed E-state index contributed by atoms with van der Waals surface area (Å²) in [6.07, 6.45) is 9.78. The van der Waals surface area contributed by atoms with Crippen LogP contribution < -0.4 is 0 Å². The molecule has 1 aromatic heterocycles. The second-order valence-electron chi connectivity index (χ2n) is 7.38. The van der Waals surface area contributed by atoms with Gasteiger partial charge >= 0.3 is 0 Å². The van der Waals surface area contributed by atoms with Gasteiger partial charge in [0.25, 0.3) is 0 Å². The van der Waals surface area contributed by atoms with Crippen molar-refractivity contribution in [1.29, 1.82) is 0 Å². The van der Waals surface area contributed by atoms with Crippen molar-refractivity contribution in [3.05, 3.63) is 54.1 Å². The van der Waals surface area contributed by atoms with E-state index in [0.717, 1.165) is 25.7 Å². The Morgan fingerprint density at radius 3 is 2.72 bits per heavy atom. The van der Waals surface area contributed by atoms with Crippen LogP contribution in [0.2, 0.25) is 0 Å². The molecular weight excluding hydrogens is 312 g/mol. The van der Waals surface area contributed by atoms with E-state index in [1.165, 1.54) is 11.1 Å². The van der Waals surface area contributed by atoms with Crippen molar-refractivity contribution in [2.45, 2.75) is 70.8 Å². The van der Waals surface area contributed by atoms with Crippen LogP contribution >= 0.6 is 0 Å². The first-order valence-electron chi connectivity index (χ1n) is 9.46. The summed E-state index contributed by atoms with van der Waals surface area (Å²) in [5, 5.41) is 0. The molecule has 0 radical (unpaired) electrons. The molecule has 0 bridgehead atoms. The summed E-state index contributed by atoms with van der Waals surface area (Å²) in [6, 6.07) is 8.94. The number of imidazole rings is 1. The van der Waals surface area contributed by atoms with Gasteiger partial charge in [0.1, 0.15) is 0 Å². The third-order valence-electron chi connectivity index (χ3n) is 4.95. The van der Waals surface area contributed by atoms with Gasteiger partial charge in [0, 0.05) is 18.8 Å². The van der Waals surface area contributed by atoms with Crippen LogP contribution in [0, 0.1) is 0 Å². The van der Waals surface area contributed by atoms with Crippen molar-refractivity contribution in [1.82, 2.24) is 9.55 Å². The Balaban J connectivity index is 1.67. The van der Waals surface area contributed by atoms with E-state index < -0.39 is 5.79 Å². The highest BCUT2D eigenvalue weighted by atomic mass is 16.7. The minimum absolute atomic E-state index is 0.205. The summed E-state index contributed by atoms with van der Waals surface area (Å²) in [5.41, 5.74) is 2.72. The van der Waals surface area contributed by atoms with Crippen molar-refractivity contribution >= 4 is 0 Å². The first-order chi connectivity index (χ1) is 12.1. The summed E-state index contributed by atoms with van der Waals surface area (Å²) in [4.78, 5) is 4.15. The second kappa shape index (κ2) is 8.15. The summed E-state index contributed by atoms with van der Waals surface area (Å²) in [6.45, 7) is 8.02. The first-order valence-corrected chi connectivity index (χ1v) is 9.46. The van der Waals surface area contributed by atoms with Gasteiger partial charge in [-0.3, -0.25) is 0 Å². The Hall–Kier alpha value is -1.65. The lowest BCUT2D eigenvalue weighted by atomic mass is 9.98. The van der Waals surface area contributed by atoms with Gasteiger partial charge in [-0.25, -0.2) is 4.98 Å². The number of benzene rings is 1. The van der Waals surface area contributed by atoms with Gasteiger partial charge in [-0.2, -0.15) is 0 Å². The molecular formula is C21H30N2O2. The smallest absolute Gasteiger partial charge is 0.187 e. The van der Waals surface area contributed by atoms with Gasteiger partial charge in [-0.15, -0.1) is 0 Å². The average Bonchev–Trinajstić information content (AvgIpc) is 3.25. The molecule has 0 amide bonds. The summed E-state index contributed by atoms with van der Waals surface area (Å²) in [7, 11) is 0.